The molecule has 0 fully saturated rings. The molecule has 0 aliphatic carbocycles. The van der Waals surface area contributed by atoms with Crippen molar-refractivity contribution in [1.29, 1.82) is 0 Å². The molecule has 0 amide bonds. The molecular formula is C8H11BrN2O2. The summed E-state index contributed by atoms with van der Waals surface area (Å²) in [6.45, 7) is 3.32. The van der Waals surface area contributed by atoms with Gasteiger partial charge in [-0.05, 0) is 22.9 Å². The predicted molar refractivity (Wildman–Crippen MR) is 50.8 cm³/mol. The Balaban J connectivity index is 2.22. The zero-order valence-electron chi connectivity index (χ0n) is 7.58. The third kappa shape index (κ3) is 1.46. The lowest BCUT2D eigenvalue weighted by Crippen LogP contribution is -2.36. The van der Waals surface area contributed by atoms with E-state index in [0.717, 1.165) is 16.9 Å². The van der Waals surface area contributed by atoms with Crippen LogP contribution in [-0.2, 0) is 11.3 Å². The van der Waals surface area contributed by atoms with Crippen molar-refractivity contribution in [2.45, 2.75) is 19.1 Å². The molecular weight excluding hydrogens is 236 g/mol. The zero-order chi connectivity index (χ0) is 9.47. The molecule has 0 saturated heterocycles. The van der Waals surface area contributed by atoms with Gasteiger partial charge in [0.25, 0.3) is 0 Å². The Kier molecular flexibility index (Phi) is 2.08. The van der Waals surface area contributed by atoms with Crippen LogP contribution in [0.5, 0.6) is 5.88 Å². The van der Waals surface area contributed by atoms with Gasteiger partial charge < -0.3 is 9.47 Å². The molecule has 0 saturated carbocycles. The molecule has 1 unspecified atom stereocenters. The Labute approximate surface area is 85.0 Å². The SMILES string of the molecule is COCC1(C)Cn2ncc(Br)c2O1. The summed E-state index contributed by atoms with van der Waals surface area (Å²) in [6, 6.07) is 0. The summed E-state index contributed by atoms with van der Waals surface area (Å²) in [5.74, 6) is 0.791. The molecule has 1 atom stereocenters. The van der Waals surface area contributed by atoms with Gasteiger partial charge in [-0.15, -0.1) is 0 Å². The van der Waals surface area contributed by atoms with E-state index < -0.39 is 0 Å². The number of ether oxygens (including phenoxy) is 2. The second kappa shape index (κ2) is 2.99. The number of methoxy groups -OCH3 is 1. The maximum absolute atomic E-state index is 5.73. The van der Waals surface area contributed by atoms with E-state index in [2.05, 4.69) is 21.0 Å². The van der Waals surface area contributed by atoms with E-state index in [4.69, 9.17) is 9.47 Å². The number of halogens is 1. The minimum atomic E-state index is -0.277. The van der Waals surface area contributed by atoms with Crippen molar-refractivity contribution in [3.05, 3.63) is 10.7 Å². The number of aromatic nitrogens is 2. The minimum absolute atomic E-state index is 0.277. The topological polar surface area (TPSA) is 36.3 Å². The van der Waals surface area contributed by atoms with E-state index in [9.17, 15) is 0 Å². The second-order valence-corrected chi connectivity index (χ2v) is 4.29. The Bertz CT molecular complexity index is 326. The first-order valence-electron chi connectivity index (χ1n) is 4.04. The van der Waals surface area contributed by atoms with E-state index in [1.807, 2.05) is 11.6 Å². The van der Waals surface area contributed by atoms with E-state index >= 15 is 0 Å². The van der Waals surface area contributed by atoms with Crippen LogP contribution in [0.1, 0.15) is 6.92 Å². The maximum Gasteiger partial charge on any atom is 0.227 e. The normalized spacial score (nSPS) is 25.8. The molecule has 1 aromatic heterocycles. The minimum Gasteiger partial charge on any atom is -0.466 e. The lowest BCUT2D eigenvalue weighted by molar-refractivity contribution is 0.0175. The van der Waals surface area contributed by atoms with Gasteiger partial charge in [-0.1, -0.05) is 0 Å². The van der Waals surface area contributed by atoms with E-state index in [-0.39, 0.29) is 5.60 Å². The smallest absolute Gasteiger partial charge is 0.227 e. The van der Waals surface area contributed by atoms with Gasteiger partial charge in [0.1, 0.15) is 0 Å². The van der Waals surface area contributed by atoms with Gasteiger partial charge in [-0.25, -0.2) is 4.68 Å². The molecule has 0 radical (unpaired) electrons. The fraction of sp³-hybridized carbons (Fsp3) is 0.625. The van der Waals surface area contributed by atoms with E-state index in [1.54, 1.807) is 13.3 Å². The average molecular weight is 247 g/mol. The molecule has 0 bridgehead atoms. The summed E-state index contributed by atoms with van der Waals surface area (Å²) >= 11 is 3.37. The lowest BCUT2D eigenvalue weighted by atomic mass is 10.1. The largest absolute Gasteiger partial charge is 0.466 e. The highest BCUT2D eigenvalue weighted by atomic mass is 79.9. The van der Waals surface area contributed by atoms with Gasteiger partial charge in [0, 0.05) is 7.11 Å². The van der Waals surface area contributed by atoms with Crippen molar-refractivity contribution in [2.75, 3.05) is 13.7 Å². The van der Waals surface area contributed by atoms with Gasteiger partial charge in [-0.2, -0.15) is 5.10 Å². The van der Waals surface area contributed by atoms with E-state index in [1.165, 1.54) is 0 Å². The monoisotopic (exact) mass is 246 g/mol. The first-order valence-corrected chi connectivity index (χ1v) is 4.83. The summed E-state index contributed by atoms with van der Waals surface area (Å²) < 4.78 is 13.6. The van der Waals surface area contributed by atoms with Crippen molar-refractivity contribution in [1.82, 2.24) is 9.78 Å². The standard InChI is InChI=1S/C8H11BrN2O2/c1-8(5-12-2)4-11-7(13-8)6(9)3-10-11/h3H,4-5H2,1-2H3. The summed E-state index contributed by atoms with van der Waals surface area (Å²) in [7, 11) is 1.67. The molecule has 13 heavy (non-hydrogen) atoms. The Morgan fingerprint density at radius 1 is 1.85 bits per heavy atom. The quantitative estimate of drug-likeness (QED) is 0.793. The second-order valence-electron chi connectivity index (χ2n) is 3.44. The van der Waals surface area contributed by atoms with Crippen LogP contribution in [-0.4, -0.2) is 29.1 Å². The van der Waals surface area contributed by atoms with E-state index in [0.29, 0.717) is 6.61 Å². The molecule has 2 heterocycles. The molecule has 72 valence electrons. The number of hydrogen-bond donors (Lipinski definition) is 0. The molecule has 4 nitrogen and oxygen atoms in total. The third-order valence-electron chi connectivity index (χ3n) is 2.03. The number of nitrogens with zero attached hydrogens (tertiary/aromatic N) is 2. The average Bonchev–Trinajstić information content (AvgIpc) is 2.52. The third-order valence-corrected chi connectivity index (χ3v) is 2.57. The highest BCUT2D eigenvalue weighted by molar-refractivity contribution is 9.10. The Morgan fingerprint density at radius 2 is 2.62 bits per heavy atom. The highest BCUT2D eigenvalue weighted by Crippen LogP contribution is 2.34. The van der Waals surface area contributed by atoms with Crippen molar-refractivity contribution < 1.29 is 9.47 Å². The first kappa shape index (κ1) is 9.02. The van der Waals surface area contributed by atoms with Crippen LogP contribution in [0, 0.1) is 0 Å². The molecule has 0 N–H and O–H groups in total. The molecule has 0 aromatic carbocycles. The maximum atomic E-state index is 5.73. The van der Waals surface area contributed by atoms with Crippen molar-refractivity contribution >= 4 is 15.9 Å². The Morgan fingerprint density at radius 3 is 3.23 bits per heavy atom. The summed E-state index contributed by atoms with van der Waals surface area (Å²) in [5, 5.41) is 4.16. The highest BCUT2D eigenvalue weighted by Gasteiger charge is 2.36. The van der Waals surface area contributed by atoms with Crippen LogP contribution in [0.15, 0.2) is 10.7 Å². The fourth-order valence-corrected chi connectivity index (χ4v) is 1.91. The van der Waals surface area contributed by atoms with Gasteiger partial charge in [0.15, 0.2) is 5.60 Å². The van der Waals surface area contributed by atoms with Gasteiger partial charge in [0.2, 0.25) is 5.88 Å². The van der Waals surface area contributed by atoms with Crippen molar-refractivity contribution in [3.63, 3.8) is 0 Å². The van der Waals surface area contributed by atoms with Gasteiger partial charge >= 0.3 is 0 Å². The van der Waals surface area contributed by atoms with Gasteiger partial charge in [0.05, 0.1) is 23.8 Å². The molecule has 1 aromatic rings. The molecule has 5 heteroatoms. The number of hydrogen-bond acceptors (Lipinski definition) is 3. The van der Waals surface area contributed by atoms with Gasteiger partial charge in [-0.3, -0.25) is 0 Å². The summed E-state index contributed by atoms with van der Waals surface area (Å²) in [4.78, 5) is 0. The zero-order valence-corrected chi connectivity index (χ0v) is 9.17. The van der Waals surface area contributed by atoms with Crippen LogP contribution in [0.3, 0.4) is 0 Å². The van der Waals surface area contributed by atoms with Crippen LogP contribution in [0.4, 0.5) is 0 Å². The van der Waals surface area contributed by atoms with Crippen LogP contribution in [0.25, 0.3) is 0 Å². The predicted octanol–water partition coefficient (Wildman–Crippen LogP) is 1.44. The Hall–Kier alpha value is -0.550. The molecule has 0 spiro atoms. The summed E-state index contributed by atoms with van der Waals surface area (Å²) in [5.41, 5.74) is -0.277. The van der Waals surface area contributed by atoms with Crippen molar-refractivity contribution in [2.24, 2.45) is 0 Å². The fourth-order valence-electron chi connectivity index (χ4n) is 1.53. The van der Waals surface area contributed by atoms with Crippen LogP contribution < -0.4 is 4.74 Å². The van der Waals surface area contributed by atoms with Crippen molar-refractivity contribution in [3.8, 4) is 5.88 Å². The number of fused-ring (bicyclic) bond motifs is 1. The summed E-state index contributed by atoms with van der Waals surface area (Å²) in [6.07, 6.45) is 1.74. The van der Waals surface area contributed by atoms with Crippen LogP contribution >= 0.6 is 15.9 Å². The number of rotatable bonds is 2. The van der Waals surface area contributed by atoms with Crippen LogP contribution in [0.2, 0.25) is 0 Å². The molecule has 1 aliphatic rings. The lowest BCUT2D eigenvalue weighted by Gasteiger charge is -2.21. The molecule has 1 aliphatic heterocycles. The first-order chi connectivity index (χ1) is 6.14. The molecule has 2 rings (SSSR count).